The van der Waals surface area contributed by atoms with Gasteiger partial charge in [-0.15, -0.1) is 0 Å². The summed E-state index contributed by atoms with van der Waals surface area (Å²) in [6.07, 6.45) is -4.26. The van der Waals surface area contributed by atoms with Crippen LogP contribution in [0.4, 0.5) is 5.69 Å². The Kier molecular flexibility index (Phi) is 4.99. The standard InChI is InChI=1S/C16H17N3O8/c17-7-1-2-8(9(20)5-7)15(24)26-6-10-12(22)13(23)14(27-10)19-4-3-11(21)18-16(19)25/h1-5,10,12-14,20,22-23H,6,17H2,(H,18,21,25)/t10-,12-,13-,14-/m1/s1. The van der Waals surface area contributed by atoms with E-state index in [1.54, 1.807) is 0 Å². The van der Waals surface area contributed by atoms with Gasteiger partial charge < -0.3 is 30.5 Å². The third-order valence-electron chi connectivity index (χ3n) is 4.08. The SMILES string of the molecule is Nc1ccc(C(=O)OC[C@H]2O[C@@H](n3ccc(=O)[nH]c3=O)[C@H](O)[C@@H]2O)c(O)c1. The third-order valence-corrected chi connectivity index (χ3v) is 4.08. The molecule has 0 unspecified atom stereocenters. The van der Waals surface area contributed by atoms with Crippen LogP contribution in [-0.2, 0) is 9.47 Å². The summed E-state index contributed by atoms with van der Waals surface area (Å²) in [6, 6.07) is 4.91. The van der Waals surface area contributed by atoms with E-state index in [-0.39, 0.29) is 17.0 Å². The van der Waals surface area contributed by atoms with Gasteiger partial charge in [0.25, 0.3) is 5.56 Å². The average Bonchev–Trinajstić information content (AvgIpc) is 2.88. The first kappa shape index (κ1) is 18.6. The molecule has 11 nitrogen and oxygen atoms in total. The Bertz CT molecular complexity index is 969. The third kappa shape index (κ3) is 3.69. The predicted octanol–water partition coefficient (Wildman–Crippen LogP) is -1.70. The number of benzene rings is 1. The van der Waals surface area contributed by atoms with E-state index in [0.717, 1.165) is 16.8 Å². The van der Waals surface area contributed by atoms with Crippen molar-refractivity contribution in [3.8, 4) is 5.75 Å². The molecule has 0 amide bonds. The number of hydrogen-bond donors (Lipinski definition) is 5. The van der Waals surface area contributed by atoms with Gasteiger partial charge in [-0.3, -0.25) is 14.3 Å². The fourth-order valence-corrected chi connectivity index (χ4v) is 2.68. The number of aromatic hydroxyl groups is 1. The number of nitrogen functional groups attached to an aromatic ring is 1. The van der Waals surface area contributed by atoms with Crippen molar-refractivity contribution in [3.63, 3.8) is 0 Å². The highest BCUT2D eigenvalue weighted by Crippen LogP contribution is 2.29. The van der Waals surface area contributed by atoms with E-state index < -0.39 is 48.4 Å². The van der Waals surface area contributed by atoms with Crippen LogP contribution in [0.2, 0.25) is 0 Å². The molecule has 1 aliphatic rings. The van der Waals surface area contributed by atoms with Crippen molar-refractivity contribution in [1.82, 2.24) is 9.55 Å². The molecule has 144 valence electrons. The highest BCUT2D eigenvalue weighted by Gasteiger charge is 2.44. The molecular formula is C16H17N3O8. The fourth-order valence-electron chi connectivity index (χ4n) is 2.68. The van der Waals surface area contributed by atoms with Gasteiger partial charge in [0.2, 0.25) is 0 Å². The zero-order valence-electron chi connectivity index (χ0n) is 13.8. The Labute approximate surface area is 151 Å². The number of ether oxygens (including phenoxy) is 2. The van der Waals surface area contributed by atoms with Gasteiger partial charge >= 0.3 is 11.7 Å². The van der Waals surface area contributed by atoms with Gasteiger partial charge in [0.15, 0.2) is 6.23 Å². The second kappa shape index (κ2) is 7.23. The summed E-state index contributed by atoms with van der Waals surface area (Å²) >= 11 is 0. The smallest absolute Gasteiger partial charge is 0.342 e. The van der Waals surface area contributed by atoms with Crippen LogP contribution in [0.1, 0.15) is 16.6 Å². The molecule has 1 aromatic carbocycles. The second-order valence-electron chi connectivity index (χ2n) is 5.94. The topological polar surface area (TPSA) is 177 Å². The number of nitrogens with one attached hydrogen (secondary N) is 1. The number of phenols is 1. The lowest BCUT2D eigenvalue weighted by molar-refractivity contribution is -0.0599. The minimum Gasteiger partial charge on any atom is -0.507 e. The Hall–Kier alpha value is -3.15. The number of nitrogens with two attached hydrogens (primary N) is 1. The number of aliphatic hydroxyl groups excluding tert-OH is 2. The van der Waals surface area contributed by atoms with Gasteiger partial charge in [0, 0.05) is 24.0 Å². The number of nitrogens with zero attached hydrogens (tertiary/aromatic N) is 1. The van der Waals surface area contributed by atoms with Crippen LogP contribution in [0.5, 0.6) is 5.75 Å². The Morgan fingerprint density at radius 3 is 2.67 bits per heavy atom. The number of anilines is 1. The lowest BCUT2D eigenvalue weighted by atomic mass is 10.1. The summed E-state index contributed by atoms with van der Waals surface area (Å²) in [7, 11) is 0. The number of esters is 1. The highest BCUT2D eigenvalue weighted by molar-refractivity contribution is 5.92. The lowest BCUT2D eigenvalue weighted by Gasteiger charge is -2.16. The molecule has 1 aromatic heterocycles. The summed E-state index contributed by atoms with van der Waals surface area (Å²) in [4.78, 5) is 37.0. The van der Waals surface area contributed by atoms with Crippen molar-refractivity contribution in [3.05, 3.63) is 56.9 Å². The van der Waals surface area contributed by atoms with E-state index >= 15 is 0 Å². The van der Waals surface area contributed by atoms with E-state index in [1.807, 2.05) is 4.98 Å². The van der Waals surface area contributed by atoms with Crippen LogP contribution in [0.25, 0.3) is 0 Å². The van der Waals surface area contributed by atoms with Crippen LogP contribution >= 0.6 is 0 Å². The molecule has 1 saturated heterocycles. The first-order valence-corrected chi connectivity index (χ1v) is 7.86. The molecule has 2 heterocycles. The number of aliphatic hydroxyl groups is 2. The summed E-state index contributed by atoms with van der Waals surface area (Å²) in [6.45, 7) is -0.449. The molecular weight excluding hydrogens is 362 g/mol. The van der Waals surface area contributed by atoms with Crippen molar-refractivity contribution >= 4 is 11.7 Å². The number of carbonyl (C=O) groups is 1. The van der Waals surface area contributed by atoms with E-state index in [0.29, 0.717) is 0 Å². The molecule has 0 aliphatic carbocycles. The van der Waals surface area contributed by atoms with Crippen molar-refractivity contribution in [1.29, 1.82) is 0 Å². The monoisotopic (exact) mass is 379 g/mol. The van der Waals surface area contributed by atoms with Crippen molar-refractivity contribution < 1.29 is 29.6 Å². The maximum absolute atomic E-state index is 12.0. The highest BCUT2D eigenvalue weighted by atomic mass is 16.6. The van der Waals surface area contributed by atoms with Gasteiger partial charge in [0.1, 0.15) is 36.2 Å². The van der Waals surface area contributed by atoms with Crippen LogP contribution in [0, 0.1) is 0 Å². The van der Waals surface area contributed by atoms with E-state index in [2.05, 4.69) is 0 Å². The van der Waals surface area contributed by atoms with Crippen LogP contribution in [-0.4, -0.2) is 55.8 Å². The molecule has 0 bridgehead atoms. The summed E-state index contributed by atoms with van der Waals surface area (Å²) in [5.41, 5.74) is 4.15. The Balaban J connectivity index is 1.70. The van der Waals surface area contributed by atoms with Gasteiger partial charge in [0.05, 0.1) is 0 Å². The van der Waals surface area contributed by atoms with Crippen molar-refractivity contribution in [2.24, 2.45) is 0 Å². The molecule has 1 aliphatic heterocycles. The number of aromatic nitrogens is 2. The summed E-state index contributed by atoms with van der Waals surface area (Å²) in [5.74, 6) is -1.26. The molecule has 4 atom stereocenters. The number of aromatic amines is 1. The largest absolute Gasteiger partial charge is 0.507 e. The number of H-pyrrole nitrogens is 1. The average molecular weight is 379 g/mol. The van der Waals surface area contributed by atoms with Gasteiger partial charge in [-0.05, 0) is 12.1 Å². The van der Waals surface area contributed by atoms with E-state index in [9.17, 15) is 29.7 Å². The normalized spacial score (nSPS) is 24.7. The number of phenolic OH excluding ortho intramolecular Hbond substituents is 1. The van der Waals surface area contributed by atoms with E-state index in [1.165, 1.54) is 18.2 Å². The van der Waals surface area contributed by atoms with Crippen LogP contribution in [0.15, 0.2) is 40.1 Å². The lowest BCUT2D eigenvalue weighted by Crippen LogP contribution is -2.37. The minimum atomic E-state index is -1.50. The van der Waals surface area contributed by atoms with Crippen LogP contribution in [0.3, 0.4) is 0 Å². The molecule has 11 heteroatoms. The van der Waals surface area contributed by atoms with Crippen molar-refractivity contribution in [2.75, 3.05) is 12.3 Å². The first-order chi connectivity index (χ1) is 12.8. The minimum absolute atomic E-state index is 0.134. The second-order valence-corrected chi connectivity index (χ2v) is 5.94. The molecule has 1 fully saturated rings. The number of carbonyl (C=O) groups excluding carboxylic acids is 1. The fraction of sp³-hybridized carbons (Fsp3) is 0.312. The molecule has 3 rings (SSSR count). The zero-order valence-corrected chi connectivity index (χ0v) is 13.8. The molecule has 0 spiro atoms. The molecule has 0 radical (unpaired) electrons. The van der Waals surface area contributed by atoms with Crippen LogP contribution < -0.4 is 17.0 Å². The Morgan fingerprint density at radius 2 is 2.00 bits per heavy atom. The maximum atomic E-state index is 12.0. The first-order valence-electron chi connectivity index (χ1n) is 7.86. The zero-order chi connectivity index (χ0) is 19.7. The Morgan fingerprint density at radius 1 is 1.26 bits per heavy atom. The van der Waals surface area contributed by atoms with Gasteiger partial charge in [-0.25, -0.2) is 9.59 Å². The number of rotatable bonds is 4. The number of hydrogen-bond acceptors (Lipinski definition) is 9. The quantitative estimate of drug-likeness (QED) is 0.306. The van der Waals surface area contributed by atoms with Gasteiger partial charge in [-0.2, -0.15) is 0 Å². The van der Waals surface area contributed by atoms with Crippen molar-refractivity contribution in [2.45, 2.75) is 24.5 Å². The molecule has 6 N–H and O–H groups in total. The van der Waals surface area contributed by atoms with E-state index in [4.69, 9.17) is 15.2 Å². The molecule has 2 aromatic rings. The van der Waals surface area contributed by atoms with Gasteiger partial charge in [-0.1, -0.05) is 0 Å². The summed E-state index contributed by atoms with van der Waals surface area (Å²) < 4.78 is 11.3. The summed E-state index contributed by atoms with van der Waals surface area (Å²) in [5, 5.41) is 29.9. The maximum Gasteiger partial charge on any atom is 0.342 e. The molecule has 27 heavy (non-hydrogen) atoms. The molecule has 0 saturated carbocycles. The predicted molar refractivity (Wildman–Crippen MR) is 90.0 cm³/mol.